The first kappa shape index (κ1) is 14.0. The maximum absolute atomic E-state index is 5.97. The monoisotopic (exact) mass is 361 g/mol. The fourth-order valence-corrected chi connectivity index (χ4v) is 2.74. The molecule has 1 aromatic rings. The predicted octanol–water partition coefficient (Wildman–Crippen LogP) is 3.23. The van der Waals surface area contributed by atoms with E-state index in [1.165, 1.54) is 0 Å². The number of halogens is 1. The van der Waals surface area contributed by atoms with Gasteiger partial charge in [0.25, 0.3) is 0 Å². The molecule has 0 radical (unpaired) electrons. The van der Waals surface area contributed by atoms with Gasteiger partial charge in [-0.3, -0.25) is 0 Å². The molecular weight excluding hydrogens is 341 g/mol. The van der Waals surface area contributed by atoms with E-state index in [1.807, 2.05) is 12.4 Å². The molecule has 0 aliphatic carbocycles. The molecule has 0 aromatic carbocycles. The van der Waals surface area contributed by atoms with Crippen LogP contribution in [0.5, 0.6) is 0 Å². The van der Waals surface area contributed by atoms with E-state index in [4.69, 9.17) is 4.74 Å². The number of ether oxygens (including phenoxy) is 1. The van der Waals surface area contributed by atoms with Crippen LogP contribution in [0, 0.1) is 3.57 Å². The molecule has 2 rings (SSSR count). The standard InChI is InChI=1S/C13H20IN3O/c1-3-13(4-2)7-11(5-6-18-13)17-12-15-8-10(14)9-16-12/h8-9,11H,3-7H2,1-2H3,(H,15,16,17). The molecule has 1 aromatic heterocycles. The number of rotatable bonds is 4. The highest BCUT2D eigenvalue weighted by Crippen LogP contribution is 2.32. The Morgan fingerprint density at radius 2 is 2.06 bits per heavy atom. The molecule has 1 fully saturated rings. The van der Waals surface area contributed by atoms with Crippen molar-refractivity contribution in [3.63, 3.8) is 0 Å². The average Bonchev–Trinajstić information content (AvgIpc) is 2.41. The van der Waals surface area contributed by atoms with Crippen LogP contribution in [0.4, 0.5) is 5.95 Å². The van der Waals surface area contributed by atoms with Crippen molar-refractivity contribution in [1.82, 2.24) is 9.97 Å². The van der Waals surface area contributed by atoms with Crippen molar-refractivity contribution in [2.75, 3.05) is 11.9 Å². The van der Waals surface area contributed by atoms with Gasteiger partial charge in [0.15, 0.2) is 0 Å². The van der Waals surface area contributed by atoms with E-state index in [0.717, 1.165) is 41.8 Å². The lowest BCUT2D eigenvalue weighted by Crippen LogP contribution is -2.43. The smallest absolute Gasteiger partial charge is 0.222 e. The minimum atomic E-state index is 0.0408. The first-order valence-corrected chi connectivity index (χ1v) is 7.63. The van der Waals surface area contributed by atoms with Gasteiger partial charge in [-0.2, -0.15) is 0 Å². The van der Waals surface area contributed by atoms with E-state index in [9.17, 15) is 0 Å². The van der Waals surface area contributed by atoms with Crippen molar-refractivity contribution in [2.24, 2.45) is 0 Å². The van der Waals surface area contributed by atoms with E-state index in [0.29, 0.717) is 6.04 Å². The van der Waals surface area contributed by atoms with E-state index >= 15 is 0 Å². The molecule has 0 bridgehead atoms. The van der Waals surface area contributed by atoms with Crippen molar-refractivity contribution in [1.29, 1.82) is 0 Å². The van der Waals surface area contributed by atoms with Crippen molar-refractivity contribution in [2.45, 2.75) is 51.2 Å². The molecule has 100 valence electrons. The summed E-state index contributed by atoms with van der Waals surface area (Å²) in [4.78, 5) is 8.60. The molecule has 1 atom stereocenters. The van der Waals surface area contributed by atoms with E-state index < -0.39 is 0 Å². The summed E-state index contributed by atoms with van der Waals surface area (Å²) in [5.74, 6) is 0.725. The van der Waals surface area contributed by atoms with Gasteiger partial charge in [0.05, 0.1) is 5.60 Å². The molecule has 0 saturated carbocycles. The Bertz CT molecular complexity index is 378. The SMILES string of the molecule is CCC1(CC)CC(Nc2ncc(I)cn2)CCO1. The van der Waals surface area contributed by atoms with Crippen LogP contribution in [0.1, 0.15) is 39.5 Å². The summed E-state index contributed by atoms with van der Waals surface area (Å²) in [6.45, 7) is 5.23. The number of nitrogens with one attached hydrogen (secondary N) is 1. The first-order chi connectivity index (χ1) is 8.67. The summed E-state index contributed by atoms with van der Waals surface area (Å²) < 4.78 is 7.03. The van der Waals surface area contributed by atoms with Gasteiger partial charge >= 0.3 is 0 Å². The third-order valence-corrected chi connectivity index (χ3v) is 4.29. The summed E-state index contributed by atoms with van der Waals surface area (Å²) >= 11 is 2.21. The summed E-state index contributed by atoms with van der Waals surface area (Å²) in [7, 11) is 0. The zero-order valence-electron chi connectivity index (χ0n) is 10.9. The summed E-state index contributed by atoms with van der Waals surface area (Å²) in [5, 5.41) is 3.43. The number of aromatic nitrogens is 2. The van der Waals surface area contributed by atoms with Crippen molar-refractivity contribution in [3.8, 4) is 0 Å². The molecule has 5 heteroatoms. The lowest BCUT2D eigenvalue weighted by Gasteiger charge is -2.40. The molecule has 1 saturated heterocycles. The molecule has 1 aliphatic rings. The lowest BCUT2D eigenvalue weighted by molar-refractivity contribution is -0.0865. The van der Waals surface area contributed by atoms with Crippen LogP contribution in [0.15, 0.2) is 12.4 Å². The van der Waals surface area contributed by atoms with Gasteiger partial charge in [0.1, 0.15) is 0 Å². The minimum Gasteiger partial charge on any atom is -0.375 e. The van der Waals surface area contributed by atoms with Gasteiger partial charge in [-0.1, -0.05) is 13.8 Å². The van der Waals surface area contributed by atoms with Gasteiger partial charge in [0.2, 0.25) is 5.95 Å². The Kier molecular flexibility index (Phi) is 4.77. The molecule has 1 aliphatic heterocycles. The first-order valence-electron chi connectivity index (χ1n) is 6.55. The number of anilines is 1. The Morgan fingerprint density at radius 1 is 1.39 bits per heavy atom. The third-order valence-electron chi connectivity index (χ3n) is 3.74. The quantitative estimate of drug-likeness (QED) is 0.837. The van der Waals surface area contributed by atoms with E-state index in [-0.39, 0.29) is 5.60 Å². The highest BCUT2D eigenvalue weighted by Gasteiger charge is 2.34. The van der Waals surface area contributed by atoms with Gasteiger partial charge in [-0.15, -0.1) is 0 Å². The maximum atomic E-state index is 5.97. The fourth-order valence-electron chi connectivity index (χ4n) is 2.46. The Labute approximate surface area is 122 Å². The molecule has 0 amide bonds. The molecule has 1 unspecified atom stereocenters. The molecule has 1 N–H and O–H groups in total. The van der Waals surface area contributed by atoms with Crippen LogP contribution in [0.2, 0.25) is 0 Å². The second-order valence-corrected chi connectivity index (χ2v) is 6.04. The predicted molar refractivity (Wildman–Crippen MR) is 80.7 cm³/mol. The topological polar surface area (TPSA) is 47.0 Å². The second-order valence-electron chi connectivity index (χ2n) is 4.80. The maximum Gasteiger partial charge on any atom is 0.222 e. The van der Waals surface area contributed by atoms with Crippen LogP contribution in [-0.4, -0.2) is 28.2 Å². The Balaban J connectivity index is 1.99. The van der Waals surface area contributed by atoms with Crippen LogP contribution >= 0.6 is 22.6 Å². The second kappa shape index (κ2) is 6.14. The number of nitrogens with zero attached hydrogens (tertiary/aromatic N) is 2. The number of hydrogen-bond donors (Lipinski definition) is 1. The Hall–Kier alpha value is -0.430. The number of hydrogen-bond acceptors (Lipinski definition) is 4. The van der Waals surface area contributed by atoms with Crippen LogP contribution in [-0.2, 0) is 4.74 Å². The highest BCUT2D eigenvalue weighted by molar-refractivity contribution is 14.1. The summed E-state index contributed by atoms with van der Waals surface area (Å²) in [5.41, 5.74) is 0.0408. The summed E-state index contributed by atoms with van der Waals surface area (Å²) in [6, 6.07) is 0.415. The lowest BCUT2D eigenvalue weighted by atomic mass is 9.86. The third kappa shape index (κ3) is 3.32. The zero-order chi connectivity index (χ0) is 13.0. The largest absolute Gasteiger partial charge is 0.375 e. The normalized spacial score (nSPS) is 22.7. The van der Waals surface area contributed by atoms with Gasteiger partial charge < -0.3 is 10.1 Å². The van der Waals surface area contributed by atoms with Gasteiger partial charge in [-0.05, 0) is 48.3 Å². The fraction of sp³-hybridized carbons (Fsp3) is 0.692. The van der Waals surface area contributed by atoms with E-state index in [2.05, 4.69) is 51.7 Å². The molecule has 18 heavy (non-hydrogen) atoms. The van der Waals surface area contributed by atoms with Crippen LogP contribution < -0.4 is 5.32 Å². The van der Waals surface area contributed by atoms with Crippen molar-refractivity contribution in [3.05, 3.63) is 16.0 Å². The van der Waals surface area contributed by atoms with E-state index in [1.54, 1.807) is 0 Å². The van der Waals surface area contributed by atoms with Crippen LogP contribution in [0.25, 0.3) is 0 Å². The van der Waals surface area contributed by atoms with Crippen molar-refractivity contribution >= 4 is 28.5 Å². The highest BCUT2D eigenvalue weighted by atomic mass is 127. The average molecular weight is 361 g/mol. The molecule has 2 heterocycles. The molecular formula is C13H20IN3O. The Morgan fingerprint density at radius 3 is 2.67 bits per heavy atom. The van der Waals surface area contributed by atoms with Crippen molar-refractivity contribution < 1.29 is 4.74 Å². The summed E-state index contributed by atoms with van der Waals surface area (Å²) in [6.07, 6.45) is 7.86. The molecule has 4 nitrogen and oxygen atoms in total. The zero-order valence-corrected chi connectivity index (χ0v) is 13.1. The van der Waals surface area contributed by atoms with Gasteiger partial charge in [0, 0.05) is 28.6 Å². The van der Waals surface area contributed by atoms with Crippen LogP contribution in [0.3, 0.4) is 0 Å². The molecule has 0 spiro atoms. The van der Waals surface area contributed by atoms with Gasteiger partial charge in [-0.25, -0.2) is 9.97 Å². The minimum absolute atomic E-state index is 0.0408.